The lowest BCUT2D eigenvalue weighted by Crippen LogP contribution is -2.30. The fourth-order valence-electron chi connectivity index (χ4n) is 1.70. The van der Waals surface area contributed by atoms with Gasteiger partial charge < -0.3 is 4.74 Å². The van der Waals surface area contributed by atoms with Crippen LogP contribution in [0.2, 0.25) is 0 Å². The zero-order chi connectivity index (χ0) is 12.6. The lowest BCUT2D eigenvalue weighted by atomic mass is 9.82. The maximum absolute atomic E-state index is 11.4. The normalized spacial score (nSPS) is 14.2. The highest BCUT2D eigenvalue weighted by molar-refractivity contribution is 5.70. The second-order valence-corrected chi connectivity index (χ2v) is 4.39. The van der Waals surface area contributed by atoms with Crippen molar-refractivity contribution in [3.8, 4) is 0 Å². The molecule has 0 saturated carbocycles. The summed E-state index contributed by atoms with van der Waals surface area (Å²) in [6.45, 7) is 5.68. The molecule has 0 heterocycles. The van der Waals surface area contributed by atoms with Crippen LogP contribution in [-0.2, 0) is 9.53 Å². The zero-order valence-electron chi connectivity index (χ0n) is 10.3. The van der Waals surface area contributed by atoms with Gasteiger partial charge in [0.2, 0.25) is 6.54 Å². The molecular weight excluding hydrogens is 210 g/mol. The fraction of sp³-hybridized carbons (Fsp3) is 0.909. The van der Waals surface area contributed by atoms with Crippen molar-refractivity contribution in [2.45, 2.75) is 46.5 Å². The maximum atomic E-state index is 11.4. The van der Waals surface area contributed by atoms with E-state index in [0.717, 1.165) is 12.8 Å². The fourth-order valence-corrected chi connectivity index (χ4v) is 1.70. The Morgan fingerprint density at radius 1 is 1.44 bits per heavy atom. The largest absolute Gasteiger partial charge is 0.466 e. The third-order valence-corrected chi connectivity index (χ3v) is 2.52. The molecule has 0 aliphatic heterocycles. The quantitative estimate of drug-likeness (QED) is 0.365. The number of carbonyl (C=O) groups excluding carboxylic acids is 1. The number of rotatable bonds is 8. The number of ether oxygens (including phenoxy) is 1. The van der Waals surface area contributed by atoms with Gasteiger partial charge in [-0.25, -0.2) is 0 Å². The summed E-state index contributed by atoms with van der Waals surface area (Å²) in [7, 11) is 0. The lowest BCUT2D eigenvalue weighted by molar-refractivity contribution is -0.496. The summed E-state index contributed by atoms with van der Waals surface area (Å²) in [6, 6.07) is 0. The van der Waals surface area contributed by atoms with Crippen molar-refractivity contribution in [1.82, 2.24) is 0 Å². The first-order valence-corrected chi connectivity index (χ1v) is 5.71. The van der Waals surface area contributed by atoms with Crippen LogP contribution in [0, 0.1) is 15.5 Å². The van der Waals surface area contributed by atoms with E-state index in [1.165, 1.54) is 0 Å². The van der Waals surface area contributed by atoms with E-state index < -0.39 is 5.41 Å². The molecule has 0 aliphatic carbocycles. The number of nitro groups is 1. The Hall–Kier alpha value is -1.13. The molecule has 0 saturated heterocycles. The van der Waals surface area contributed by atoms with E-state index in [2.05, 4.69) is 0 Å². The molecule has 0 aromatic carbocycles. The van der Waals surface area contributed by atoms with Crippen molar-refractivity contribution in [1.29, 1.82) is 0 Å². The molecule has 0 aromatic rings. The molecular formula is C11H21NO4. The zero-order valence-corrected chi connectivity index (χ0v) is 10.3. The van der Waals surface area contributed by atoms with Gasteiger partial charge in [-0.3, -0.25) is 14.9 Å². The molecule has 0 fully saturated rings. The van der Waals surface area contributed by atoms with Crippen LogP contribution in [-0.4, -0.2) is 24.0 Å². The molecule has 5 heteroatoms. The summed E-state index contributed by atoms with van der Waals surface area (Å²) in [5, 5.41) is 10.6. The smallest absolute Gasteiger partial charge is 0.306 e. The minimum atomic E-state index is -0.578. The minimum absolute atomic E-state index is 0.127. The lowest BCUT2D eigenvalue weighted by Gasteiger charge is -2.23. The van der Waals surface area contributed by atoms with E-state index in [1.54, 1.807) is 13.8 Å². The van der Waals surface area contributed by atoms with Crippen LogP contribution in [0.25, 0.3) is 0 Å². The monoisotopic (exact) mass is 231 g/mol. The van der Waals surface area contributed by atoms with Crippen molar-refractivity contribution in [3.05, 3.63) is 10.1 Å². The van der Waals surface area contributed by atoms with Crippen molar-refractivity contribution >= 4 is 5.97 Å². The van der Waals surface area contributed by atoms with E-state index in [0.29, 0.717) is 13.0 Å². The van der Waals surface area contributed by atoms with E-state index >= 15 is 0 Å². The second-order valence-electron chi connectivity index (χ2n) is 4.39. The van der Waals surface area contributed by atoms with Crippen LogP contribution in [0.5, 0.6) is 0 Å². The van der Waals surface area contributed by atoms with Crippen LogP contribution < -0.4 is 0 Å². The summed E-state index contributed by atoms with van der Waals surface area (Å²) < 4.78 is 4.84. The molecule has 0 bridgehead atoms. The second kappa shape index (κ2) is 7.19. The van der Waals surface area contributed by atoms with Gasteiger partial charge in [-0.1, -0.05) is 26.7 Å². The van der Waals surface area contributed by atoms with E-state index in [9.17, 15) is 14.9 Å². The first kappa shape index (κ1) is 14.9. The molecule has 16 heavy (non-hydrogen) atoms. The maximum Gasteiger partial charge on any atom is 0.306 e. The van der Waals surface area contributed by atoms with Gasteiger partial charge in [-0.2, -0.15) is 0 Å². The first-order chi connectivity index (χ1) is 7.43. The molecule has 5 nitrogen and oxygen atoms in total. The van der Waals surface area contributed by atoms with Crippen molar-refractivity contribution in [3.63, 3.8) is 0 Å². The third-order valence-electron chi connectivity index (χ3n) is 2.52. The Morgan fingerprint density at radius 3 is 2.50 bits per heavy atom. The summed E-state index contributed by atoms with van der Waals surface area (Å²) in [6.07, 6.45) is 2.67. The van der Waals surface area contributed by atoms with E-state index in [4.69, 9.17) is 4.74 Å². The van der Waals surface area contributed by atoms with Crippen LogP contribution in [0.15, 0.2) is 0 Å². The number of hydrogen-bond acceptors (Lipinski definition) is 4. The van der Waals surface area contributed by atoms with Gasteiger partial charge >= 0.3 is 5.97 Å². The predicted octanol–water partition coefficient (Wildman–Crippen LogP) is 2.41. The number of hydrogen-bond donors (Lipinski definition) is 0. The highest BCUT2D eigenvalue weighted by atomic mass is 16.6. The third kappa shape index (κ3) is 6.37. The predicted molar refractivity (Wildman–Crippen MR) is 60.7 cm³/mol. The number of carbonyl (C=O) groups is 1. The Balaban J connectivity index is 4.39. The average Bonchev–Trinajstić information content (AvgIpc) is 2.13. The highest BCUT2D eigenvalue weighted by Gasteiger charge is 2.33. The van der Waals surface area contributed by atoms with Crippen LogP contribution in [0.1, 0.15) is 46.5 Å². The SMILES string of the molecule is CCCC[C@@](C)(CC(=O)OCC)C[N+](=O)[O-]. The van der Waals surface area contributed by atoms with Crippen LogP contribution in [0.3, 0.4) is 0 Å². The summed E-state index contributed by atoms with van der Waals surface area (Å²) in [4.78, 5) is 21.6. The molecule has 0 rings (SSSR count). The number of esters is 1. The molecule has 94 valence electrons. The van der Waals surface area contributed by atoms with Gasteiger partial charge in [0, 0.05) is 10.3 Å². The number of nitrogens with zero attached hydrogens (tertiary/aromatic N) is 1. The van der Waals surface area contributed by atoms with Gasteiger partial charge in [0.1, 0.15) is 0 Å². The molecule has 0 aliphatic rings. The van der Waals surface area contributed by atoms with Gasteiger partial charge in [-0.15, -0.1) is 0 Å². The average molecular weight is 231 g/mol. The Kier molecular flexibility index (Phi) is 6.69. The summed E-state index contributed by atoms with van der Waals surface area (Å²) in [5.41, 5.74) is -0.578. The molecule has 0 radical (unpaired) electrons. The topological polar surface area (TPSA) is 69.4 Å². The molecule has 0 N–H and O–H groups in total. The van der Waals surface area contributed by atoms with Gasteiger partial charge in [0.25, 0.3) is 0 Å². The van der Waals surface area contributed by atoms with Gasteiger partial charge in [0.05, 0.1) is 13.0 Å². The Labute approximate surface area is 96.3 Å². The van der Waals surface area contributed by atoms with Crippen molar-refractivity contribution in [2.75, 3.05) is 13.2 Å². The molecule has 1 atom stereocenters. The van der Waals surface area contributed by atoms with Crippen molar-refractivity contribution in [2.24, 2.45) is 5.41 Å². The first-order valence-electron chi connectivity index (χ1n) is 5.71. The Morgan fingerprint density at radius 2 is 2.06 bits per heavy atom. The summed E-state index contributed by atoms with van der Waals surface area (Å²) in [5.74, 6) is -0.344. The van der Waals surface area contributed by atoms with E-state index in [1.807, 2.05) is 6.92 Å². The van der Waals surface area contributed by atoms with Gasteiger partial charge in [0.15, 0.2) is 0 Å². The summed E-state index contributed by atoms with van der Waals surface area (Å²) >= 11 is 0. The molecule has 0 unspecified atom stereocenters. The molecule has 0 amide bonds. The van der Waals surface area contributed by atoms with Crippen LogP contribution >= 0.6 is 0 Å². The Bertz CT molecular complexity index is 242. The highest BCUT2D eigenvalue weighted by Crippen LogP contribution is 2.29. The molecule has 0 spiro atoms. The standard InChI is InChI=1S/C11H21NO4/c1-4-6-7-11(3,9-12(14)15)8-10(13)16-5-2/h4-9H2,1-3H3/t11-/m0/s1. The van der Waals surface area contributed by atoms with Gasteiger partial charge in [-0.05, 0) is 13.3 Å². The number of unbranched alkanes of at least 4 members (excludes halogenated alkanes) is 1. The van der Waals surface area contributed by atoms with Crippen molar-refractivity contribution < 1.29 is 14.5 Å². The van der Waals surface area contributed by atoms with Crippen LogP contribution in [0.4, 0.5) is 0 Å². The minimum Gasteiger partial charge on any atom is -0.466 e. The van der Waals surface area contributed by atoms with E-state index in [-0.39, 0.29) is 23.9 Å². The molecule has 0 aromatic heterocycles.